The predicted octanol–water partition coefficient (Wildman–Crippen LogP) is 2.96. The molecule has 114 valence electrons. The van der Waals surface area contributed by atoms with Crippen LogP contribution in [0.15, 0.2) is 21.5 Å². The Morgan fingerprint density at radius 3 is 2.35 bits per heavy atom. The summed E-state index contributed by atoms with van der Waals surface area (Å²) >= 11 is 3.32. The highest BCUT2D eigenvalue weighted by Gasteiger charge is 2.27. The topological polar surface area (TPSA) is 66.4 Å². The largest absolute Gasteiger partial charge is 0.392 e. The summed E-state index contributed by atoms with van der Waals surface area (Å²) in [6.07, 6.45) is 0. The summed E-state index contributed by atoms with van der Waals surface area (Å²) in [4.78, 5) is 0.164. The number of hydrogen-bond acceptors (Lipinski definition) is 3. The summed E-state index contributed by atoms with van der Waals surface area (Å²) in [5, 5.41) is 9.22. The zero-order valence-corrected chi connectivity index (χ0v) is 14.9. The van der Waals surface area contributed by atoms with Crippen molar-refractivity contribution < 1.29 is 13.5 Å². The number of rotatable bonds is 4. The van der Waals surface area contributed by atoms with Gasteiger partial charge in [-0.15, -0.1) is 0 Å². The molecular weight excluding hydrogens is 342 g/mol. The molecule has 1 rings (SSSR count). The first-order valence-corrected chi connectivity index (χ1v) is 8.69. The van der Waals surface area contributed by atoms with Crippen LogP contribution in [0.2, 0.25) is 0 Å². The monoisotopic (exact) mass is 363 g/mol. The van der Waals surface area contributed by atoms with Crippen molar-refractivity contribution in [2.75, 3.05) is 0 Å². The third-order valence-corrected chi connectivity index (χ3v) is 6.26. The molecule has 2 N–H and O–H groups in total. The Morgan fingerprint density at radius 2 is 1.90 bits per heavy atom. The third kappa shape index (κ3) is 4.04. The summed E-state index contributed by atoms with van der Waals surface area (Å²) in [5.41, 5.74) is 1.18. The SMILES string of the molecule is Cc1cc(CO)cc(S(=O)(=O)NC(C)C(C)(C)C)c1Br. The first-order chi connectivity index (χ1) is 8.99. The molecular formula is C14H22BrNO3S. The first-order valence-electron chi connectivity index (χ1n) is 6.41. The van der Waals surface area contributed by atoms with Gasteiger partial charge in [0.1, 0.15) is 0 Å². The standard InChI is InChI=1S/C14H22BrNO3S/c1-9-6-11(8-17)7-12(13(9)15)20(18,19)16-10(2)14(3,4)5/h6-7,10,16-17H,8H2,1-5H3. The Labute approximate surface area is 129 Å². The van der Waals surface area contributed by atoms with Crippen LogP contribution in [0.5, 0.6) is 0 Å². The Hall–Kier alpha value is -0.430. The second-order valence-electron chi connectivity index (χ2n) is 6.09. The maximum absolute atomic E-state index is 12.5. The number of sulfonamides is 1. The number of aliphatic hydroxyl groups excluding tert-OH is 1. The van der Waals surface area contributed by atoms with Crippen molar-refractivity contribution in [3.05, 3.63) is 27.7 Å². The fourth-order valence-corrected chi connectivity index (χ4v) is 4.09. The number of hydrogen-bond donors (Lipinski definition) is 2. The lowest BCUT2D eigenvalue weighted by molar-refractivity contribution is 0.281. The normalized spacial score (nSPS) is 14.3. The summed E-state index contributed by atoms with van der Waals surface area (Å²) in [6, 6.07) is 3.04. The van der Waals surface area contributed by atoms with E-state index in [2.05, 4.69) is 20.7 Å². The van der Waals surface area contributed by atoms with E-state index in [0.717, 1.165) is 5.56 Å². The van der Waals surface area contributed by atoms with Crippen LogP contribution in [0.1, 0.15) is 38.8 Å². The fraction of sp³-hybridized carbons (Fsp3) is 0.571. The van der Waals surface area contributed by atoms with E-state index in [-0.39, 0.29) is 23.0 Å². The van der Waals surface area contributed by atoms with Gasteiger partial charge in [-0.25, -0.2) is 13.1 Å². The number of halogens is 1. The van der Waals surface area contributed by atoms with Gasteiger partial charge < -0.3 is 5.11 Å². The van der Waals surface area contributed by atoms with Gasteiger partial charge in [0, 0.05) is 10.5 Å². The quantitative estimate of drug-likeness (QED) is 0.863. The van der Waals surface area contributed by atoms with E-state index in [0.29, 0.717) is 10.0 Å². The average Bonchev–Trinajstić information content (AvgIpc) is 2.30. The van der Waals surface area contributed by atoms with Crippen LogP contribution in [0.4, 0.5) is 0 Å². The summed E-state index contributed by atoms with van der Waals surface area (Å²) < 4.78 is 28.2. The Bertz CT molecular complexity index is 591. The second-order valence-corrected chi connectivity index (χ2v) is 8.57. The fourth-order valence-electron chi connectivity index (χ4n) is 1.57. The summed E-state index contributed by atoms with van der Waals surface area (Å²) in [5.74, 6) is 0. The molecule has 6 heteroatoms. The van der Waals surface area contributed by atoms with Crippen molar-refractivity contribution in [1.29, 1.82) is 0 Å². The Morgan fingerprint density at radius 1 is 1.35 bits per heavy atom. The van der Waals surface area contributed by atoms with Crippen LogP contribution in [0.3, 0.4) is 0 Å². The molecule has 1 aromatic carbocycles. The molecule has 0 aliphatic carbocycles. The van der Waals surface area contributed by atoms with E-state index in [1.54, 1.807) is 13.0 Å². The maximum Gasteiger partial charge on any atom is 0.241 e. The molecule has 0 bridgehead atoms. The molecule has 20 heavy (non-hydrogen) atoms. The van der Waals surface area contributed by atoms with Gasteiger partial charge in [-0.2, -0.15) is 0 Å². The highest BCUT2D eigenvalue weighted by Crippen LogP contribution is 2.29. The van der Waals surface area contributed by atoms with Crippen LogP contribution in [0.25, 0.3) is 0 Å². The zero-order chi connectivity index (χ0) is 15.7. The van der Waals surface area contributed by atoms with Gasteiger partial charge >= 0.3 is 0 Å². The van der Waals surface area contributed by atoms with Gasteiger partial charge in [-0.3, -0.25) is 0 Å². The number of aryl methyl sites for hydroxylation is 1. The van der Waals surface area contributed by atoms with Crippen molar-refractivity contribution in [2.45, 2.75) is 52.2 Å². The molecule has 1 aromatic rings. The smallest absolute Gasteiger partial charge is 0.241 e. The summed E-state index contributed by atoms with van der Waals surface area (Å²) in [6.45, 7) is 9.38. The van der Waals surface area contributed by atoms with Gasteiger partial charge in [0.15, 0.2) is 0 Å². The summed E-state index contributed by atoms with van der Waals surface area (Å²) in [7, 11) is -3.64. The van der Waals surface area contributed by atoms with Crippen molar-refractivity contribution in [2.24, 2.45) is 5.41 Å². The molecule has 0 radical (unpaired) electrons. The molecule has 1 atom stereocenters. The van der Waals surface area contributed by atoms with E-state index >= 15 is 0 Å². The lowest BCUT2D eigenvalue weighted by Gasteiger charge is -2.28. The van der Waals surface area contributed by atoms with Crippen LogP contribution in [-0.4, -0.2) is 19.6 Å². The Kier molecular flexibility index (Phi) is 5.40. The van der Waals surface area contributed by atoms with Crippen LogP contribution < -0.4 is 4.72 Å². The molecule has 0 heterocycles. The molecule has 0 saturated heterocycles. The second kappa shape index (κ2) is 6.13. The molecule has 0 saturated carbocycles. The lowest BCUT2D eigenvalue weighted by Crippen LogP contribution is -2.41. The molecule has 1 unspecified atom stereocenters. The predicted molar refractivity (Wildman–Crippen MR) is 84.0 cm³/mol. The van der Waals surface area contributed by atoms with Gasteiger partial charge in [0.2, 0.25) is 10.0 Å². The van der Waals surface area contributed by atoms with Crippen molar-refractivity contribution in [3.63, 3.8) is 0 Å². The van der Waals surface area contributed by atoms with Crippen molar-refractivity contribution in [3.8, 4) is 0 Å². The molecule has 0 amide bonds. The van der Waals surface area contributed by atoms with E-state index in [1.807, 2.05) is 27.7 Å². The average molecular weight is 364 g/mol. The molecule has 0 aliphatic heterocycles. The first kappa shape index (κ1) is 17.6. The Balaban J connectivity index is 3.26. The van der Waals surface area contributed by atoms with Gasteiger partial charge in [0.05, 0.1) is 11.5 Å². The number of aliphatic hydroxyl groups is 1. The van der Waals surface area contributed by atoms with E-state index in [9.17, 15) is 13.5 Å². The molecule has 0 fully saturated rings. The molecule has 0 spiro atoms. The lowest BCUT2D eigenvalue weighted by atomic mass is 9.89. The minimum atomic E-state index is -3.64. The van der Waals surface area contributed by atoms with Gasteiger partial charge in [-0.05, 0) is 52.4 Å². The van der Waals surface area contributed by atoms with Crippen molar-refractivity contribution in [1.82, 2.24) is 4.72 Å². The van der Waals surface area contributed by atoms with E-state index < -0.39 is 10.0 Å². The van der Waals surface area contributed by atoms with Crippen LogP contribution in [0, 0.1) is 12.3 Å². The van der Waals surface area contributed by atoms with E-state index in [1.165, 1.54) is 6.07 Å². The van der Waals surface area contributed by atoms with E-state index in [4.69, 9.17) is 0 Å². The van der Waals surface area contributed by atoms with Crippen LogP contribution >= 0.6 is 15.9 Å². The molecule has 0 aliphatic rings. The van der Waals surface area contributed by atoms with Crippen LogP contribution in [-0.2, 0) is 16.6 Å². The van der Waals surface area contributed by atoms with Gasteiger partial charge in [0.25, 0.3) is 0 Å². The zero-order valence-electron chi connectivity index (χ0n) is 12.5. The number of benzene rings is 1. The third-order valence-electron chi connectivity index (χ3n) is 3.38. The van der Waals surface area contributed by atoms with Gasteiger partial charge in [-0.1, -0.05) is 26.8 Å². The van der Waals surface area contributed by atoms with Crippen molar-refractivity contribution >= 4 is 26.0 Å². The minimum Gasteiger partial charge on any atom is -0.392 e. The highest BCUT2D eigenvalue weighted by molar-refractivity contribution is 9.10. The highest BCUT2D eigenvalue weighted by atomic mass is 79.9. The molecule has 0 aromatic heterocycles. The molecule has 4 nitrogen and oxygen atoms in total. The minimum absolute atomic E-state index is 0.164. The maximum atomic E-state index is 12.5. The number of nitrogens with one attached hydrogen (secondary N) is 1.